The molecular weight excluding hydrogens is 362 g/mol. The number of carbonyl (C=O) groups excluding carboxylic acids is 2. The Morgan fingerprint density at radius 3 is 2.30 bits per heavy atom. The molecule has 142 valence electrons. The van der Waals surface area contributed by atoms with E-state index in [1.165, 1.54) is 0 Å². The van der Waals surface area contributed by atoms with Crippen LogP contribution in [-0.4, -0.2) is 29.9 Å². The molecule has 1 saturated heterocycles. The third-order valence-corrected chi connectivity index (χ3v) is 5.22. The Balaban J connectivity index is 1.40. The van der Waals surface area contributed by atoms with Gasteiger partial charge in [-0.05, 0) is 30.0 Å². The monoisotopic (exact) mass is 385 g/mol. The van der Waals surface area contributed by atoms with Gasteiger partial charge in [0.1, 0.15) is 0 Å². The quantitative estimate of drug-likeness (QED) is 0.826. The second kappa shape index (κ2) is 9.42. The first-order valence-electron chi connectivity index (χ1n) is 9.21. The van der Waals surface area contributed by atoms with Gasteiger partial charge in [-0.25, -0.2) is 4.79 Å². The third kappa shape index (κ3) is 5.47. The Morgan fingerprint density at radius 1 is 0.926 bits per heavy atom. The van der Waals surface area contributed by atoms with Crippen LogP contribution in [0.25, 0.3) is 0 Å². The molecule has 0 aliphatic carbocycles. The van der Waals surface area contributed by atoms with E-state index in [9.17, 15) is 9.59 Å². The van der Waals surface area contributed by atoms with Gasteiger partial charge < -0.3 is 15.5 Å². The van der Waals surface area contributed by atoms with E-state index in [0.717, 1.165) is 11.1 Å². The van der Waals surface area contributed by atoms with Gasteiger partial charge >= 0.3 is 6.03 Å². The predicted octanol–water partition coefficient (Wildman–Crippen LogP) is 3.58. The summed E-state index contributed by atoms with van der Waals surface area (Å²) in [5.41, 5.74) is 1.98. The first-order chi connectivity index (χ1) is 13.1. The molecule has 0 atom stereocenters. The summed E-state index contributed by atoms with van der Waals surface area (Å²) in [6, 6.07) is 17.2. The lowest BCUT2D eigenvalue weighted by molar-refractivity contribution is -0.126. The number of amides is 3. The molecule has 2 aromatic rings. The van der Waals surface area contributed by atoms with Crippen LogP contribution < -0.4 is 10.6 Å². The zero-order valence-corrected chi connectivity index (χ0v) is 15.9. The highest BCUT2D eigenvalue weighted by atomic mass is 35.5. The fourth-order valence-electron chi connectivity index (χ4n) is 3.20. The van der Waals surface area contributed by atoms with Crippen LogP contribution in [0, 0.1) is 5.92 Å². The lowest BCUT2D eigenvalue weighted by atomic mass is 9.96. The maximum Gasteiger partial charge on any atom is 0.317 e. The van der Waals surface area contributed by atoms with E-state index in [1.807, 2.05) is 54.6 Å². The van der Waals surface area contributed by atoms with Gasteiger partial charge in [0.15, 0.2) is 0 Å². The number of halogens is 1. The molecule has 3 rings (SSSR count). The highest BCUT2D eigenvalue weighted by Crippen LogP contribution is 2.19. The molecule has 0 spiro atoms. The van der Waals surface area contributed by atoms with Crippen LogP contribution in [0.4, 0.5) is 4.79 Å². The van der Waals surface area contributed by atoms with Crippen molar-refractivity contribution in [1.29, 1.82) is 0 Å². The summed E-state index contributed by atoms with van der Waals surface area (Å²) in [5.74, 6) is -0.0371. The molecule has 3 amide bonds. The smallest absolute Gasteiger partial charge is 0.317 e. The average molecular weight is 386 g/mol. The Hall–Kier alpha value is -2.53. The van der Waals surface area contributed by atoms with E-state index >= 15 is 0 Å². The molecule has 1 fully saturated rings. The van der Waals surface area contributed by atoms with E-state index in [0.29, 0.717) is 44.0 Å². The number of benzene rings is 2. The second-order valence-corrected chi connectivity index (χ2v) is 7.12. The molecule has 5 nitrogen and oxygen atoms in total. The minimum atomic E-state index is -0.0752. The maximum atomic E-state index is 12.4. The third-order valence-electron chi connectivity index (χ3n) is 4.85. The Bertz CT molecular complexity index is 774. The van der Waals surface area contributed by atoms with Crippen molar-refractivity contribution in [3.05, 3.63) is 70.7 Å². The fraction of sp³-hybridized carbons (Fsp3) is 0.333. The molecule has 1 aliphatic heterocycles. The minimum absolute atomic E-state index is 0.0271. The summed E-state index contributed by atoms with van der Waals surface area (Å²) in [7, 11) is 0. The molecule has 0 radical (unpaired) electrons. The summed E-state index contributed by atoms with van der Waals surface area (Å²) in [5, 5.41) is 6.55. The molecule has 0 saturated carbocycles. The number of nitrogens with zero attached hydrogens (tertiary/aromatic N) is 1. The van der Waals surface area contributed by atoms with Crippen molar-refractivity contribution in [2.24, 2.45) is 5.92 Å². The highest BCUT2D eigenvalue weighted by Gasteiger charge is 2.27. The fourth-order valence-corrected chi connectivity index (χ4v) is 3.40. The van der Waals surface area contributed by atoms with E-state index in [4.69, 9.17) is 11.6 Å². The Morgan fingerprint density at radius 2 is 1.59 bits per heavy atom. The van der Waals surface area contributed by atoms with E-state index in [2.05, 4.69) is 10.6 Å². The first kappa shape index (κ1) is 19.2. The van der Waals surface area contributed by atoms with Crippen molar-refractivity contribution >= 4 is 23.5 Å². The van der Waals surface area contributed by atoms with E-state index in [1.54, 1.807) is 4.90 Å². The number of likely N-dealkylation sites (tertiary alicyclic amines) is 1. The zero-order valence-electron chi connectivity index (χ0n) is 15.2. The summed E-state index contributed by atoms with van der Waals surface area (Å²) in [4.78, 5) is 26.5. The zero-order chi connectivity index (χ0) is 19.1. The normalized spacial score (nSPS) is 14.6. The summed E-state index contributed by atoms with van der Waals surface area (Å²) >= 11 is 6.12. The number of urea groups is 1. The van der Waals surface area contributed by atoms with Gasteiger partial charge in [0.25, 0.3) is 0 Å². The van der Waals surface area contributed by atoms with Gasteiger partial charge in [0.2, 0.25) is 5.91 Å². The molecule has 6 heteroatoms. The van der Waals surface area contributed by atoms with Gasteiger partial charge in [-0.2, -0.15) is 0 Å². The van der Waals surface area contributed by atoms with Crippen LogP contribution in [0.15, 0.2) is 54.6 Å². The molecule has 2 N–H and O–H groups in total. The Labute approximate surface area is 164 Å². The van der Waals surface area contributed by atoms with Gasteiger partial charge in [-0.15, -0.1) is 0 Å². The van der Waals surface area contributed by atoms with Crippen molar-refractivity contribution in [3.63, 3.8) is 0 Å². The van der Waals surface area contributed by atoms with Crippen LogP contribution >= 0.6 is 11.6 Å². The highest BCUT2D eigenvalue weighted by molar-refractivity contribution is 6.31. The standard InChI is InChI=1S/C21H24ClN3O2/c22-19-9-5-4-8-18(19)15-23-20(26)17-10-12-25(13-11-17)21(27)24-14-16-6-2-1-3-7-16/h1-9,17H,10-15H2,(H,23,26)(H,24,27). The summed E-state index contributed by atoms with van der Waals surface area (Å²) < 4.78 is 0. The average Bonchev–Trinajstić information content (AvgIpc) is 2.72. The lowest BCUT2D eigenvalue weighted by Gasteiger charge is -2.31. The largest absolute Gasteiger partial charge is 0.352 e. The lowest BCUT2D eigenvalue weighted by Crippen LogP contribution is -2.46. The topological polar surface area (TPSA) is 61.4 Å². The molecule has 1 heterocycles. The van der Waals surface area contributed by atoms with Crippen LogP contribution in [0.3, 0.4) is 0 Å². The Kier molecular flexibility index (Phi) is 6.71. The van der Waals surface area contributed by atoms with Crippen molar-refractivity contribution in [2.45, 2.75) is 25.9 Å². The number of hydrogen-bond donors (Lipinski definition) is 2. The molecule has 1 aliphatic rings. The van der Waals surface area contributed by atoms with Crippen molar-refractivity contribution in [3.8, 4) is 0 Å². The second-order valence-electron chi connectivity index (χ2n) is 6.71. The van der Waals surface area contributed by atoms with E-state index < -0.39 is 0 Å². The number of carbonyl (C=O) groups is 2. The molecule has 0 bridgehead atoms. The predicted molar refractivity (Wildman–Crippen MR) is 106 cm³/mol. The van der Waals surface area contributed by atoms with Crippen molar-refractivity contribution in [1.82, 2.24) is 15.5 Å². The summed E-state index contributed by atoms with van der Waals surface area (Å²) in [6.07, 6.45) is 1.35. The number of hydrogen-bond acceptors (Lipinski definition) is 2. The maximum absolute atomic E-state index is 12.4. The van der Waals surface area contributed by atoms with Gasteiger partial charge in [0, 0.05) is 37.1 Å². The molecule has 0 aromatic heterocycles. The molecular formula is C21H24ClN3O2. The number of nitrogens with one attached hydrogen (secondary N) is 2. The van der Waals surface area contributed by atoms with Crippen LogP contribution in [0.1, 0.15) is 24.0 Å². The minimum Gasteiger partial charge on any atom is -0.352 e. The SMILES string of the molecule is O=C(NCc1ccccc1Cl)C1CCN(C(=O)NCc2ccccc2)CC1. The molecule has 27 heavy (non-hydrogen) atoms. The van der Waals surface area contributed by atoms with Crippen molar-refractivity contribution < 1.29 is 9.59 Å². The molecule has 2 aromatic carbocycles. The van der Waals surface area contributed by atoms with Gasteiger partial charge in [-0.1, -0.05) is 60.1 Å². The number of rotatable bonds is 5. The summed E-state index contributed by atoms with van der Waals surface area (Å²) in [6.45, 7) is 2.11. The van der Waals surface area contributed by atoms with Crippen LogP contribution in [0.2, 0.25) is 5.02 Å². The van der Waals surface area contributed by atoms with E-state index in [-0.39, 0.29) is 17.9 Å². The van der Waals surface area contributed by atoms with Gasteiger partial charge in [0.05, 0.1) is 0 Å². The van der Waals surface area contributed by atoms with Crippen LogP contribution in [-0.2, 0) is 17.9 Å². The number of piperidine rings is 1. The van der Waals surface area contributed by atoms with Gasteiger partial charge in [-0.3, -0.25) is 4.79 Å². The molecule has 0 unspecified atom stereocenters. The van der Waals surface area contributed by atoms with Crippen LogP contribution in [0.5, 0.6) is 0 Å². The van der Waals surface area contributed by atoms with Crippen molar-refractivity contribution in [2.75, 3.05) is 13.1 Å². The first-order valence-corrected chi connectivity index (χ1v) is 9.59.